The maximum Gasteiger partial charge on any atom is 0.303 e. The molecule has 0 aromatic heterocycles. The van der Waals surface area contributed by atoms with Crippen molar-refractivity contribution in [2.24, 2.45) is 11.7 Å². The predicted octanol–water partition coefficient (Wildman–Crippen LogP) is 2.55. The number of hydrogen-bond donors (Lipinski definition) is 2. The van der Waals surface area contributed by atoms with Crippen molar-refractivity contribution in [1.29, 1.82) is 0 Å². The van der Waals surface area contributed by atoms with Crippen LogP contribution in [0.25, 0.3) is 0 Å². The van der Waals surface area contributed by atoms with Crippen molar-refractivity contribution in [3.05, 3.63) is 35.4 Å². The van der Waals surface area contributed by atoms with Crippen LogP contribution >= 0.6 is 0 Å². The summed E-state index contributed by atoms with van der Waals surface area (Å²) in [5.74, 6) is 11.2. The van der Waals surface area contributed by atoms with Crippen molar-refractivity contribution in [3.63, 3.8) is 0 Å². The highest BCUT2D eigenvalue weighted by Crippen LogP contribution is 2.06. The first-order valence-electron chi connectivity index (χ1n) is 7.58. The van der Waals surface area contributed by atoms with Crippen LogP contribution < -0.4 is 5.73 Å². The molecule has 0 saturated heterocycles. The lowest BCUT2D eigenvalue weighted by atomic mass is 10.0. The SMILES string of the molecule is C[C@H](C#Cc1cccc(C#CCCCC(=O)O)c1)CCC(N)=O. The van der Waals surface area contributed by atoms with E-state index in [0.29, 0.717) is 25.7 Å². The summed E-state index contributed by atoms with van der Waals surface area (Å²) in [5.41, 5.74) is 6.84. The minimum atomic E-state index is -0.797. The molecular weight excluding hydrogens is 290 g/mol. The smallest absolute Gasteiger partial charge is 0.303 e. The maximum absolute atomic E-state index is 10.7. The number of carboxylic acids is 1. The van der Waals surface area contributed by atoms with Gasteiger partial charge >= 0.3 is 5.97 Å². The number of primary amides is 1. The number of carbonyl (C=O) groups is 2. The first-order valence-corrected chi connectivity index (χ1v) is 7.58. The van der Waals surface area contributed by atoms with Gasteiger partial charge in [0.05, 0.1) is 0 Å². The molecule has 0 aliphatic rings. The van der Waals surface area contributed by atoms with Crippen LogP contribution in [0.3, 0.4) is 0 Å². The van der Waals surface area contributed by atoms with Crippen LogP contribution in [0.4, 0.5) is 0 Å². The van der Waals surface area contributed by atoms with Crippen molar-refractivity contribution >= 4 is 11.9 Å². The van der Waals surface area contributed by atoms with Gasteiger partial charge in [0, 0.05) is 36.3 Å². The molecule has 0 bridgehead atoms. The van der Waals surface area contributed by atoms with Gasteiger partial charge in [-0.25, -0.2) is 0 Å². The lowest BCUT2D eigenvalue weighted by Crippen LogP contribution is -2.11. The summed E-state index contributed by atoms with van der Waals surface area (Å²) >= 11 is 0. The minimum Gasteiger partial charge on any atom is -0.481 e. The monoisotopic (exact) mass is 311 g/mol. The summed E-state index contributed by atoms with van der Waals surface area (Å²) in [7, 11) is 0. The maximum atomic E-state index is 10.7. The largest absolute Gasteiger partial charge is 0.481 e. The quantitative estimate of drug-likeness (QED) is 0.626. The van der Waals surface area contributed by atoms with Crippen molar-refractivity contribution in [2.45, 2.75) is 39.0 Å². The van der Waals surface area contributed by atoms with E-state index in [0.717, 1.165) is 11.1 Å². The number of carbonyl (C=O) groups excluding carboxylic acids is 1. The molecule has 0 radical (unpaired) electrons. The molecule has 3 N–H and O–H groups in total. The second kappa shape index (κ2) is 10.1. The summed E-state index contributed by atoms with van der Waals surface area (Å²) in [6.45, 7) is 1.96. The van der Waals surface area contributed by atoms with Crippen LogP contribution in [0.1, 0.15) is 50.2 Å². The Morgan fingerprint density at radius 1 is 1.22 bits per heavy atom. The van der Waals surface area contributed by atoms with E-state index in [1.807, 2.05) is 31.2 Å². The fraction of sp³-hybridized carbons (Fsp3) is 0.368. The Morgan fingerprint density at radius 3 is 2.57 bits per heavy atom. The van der Waals surface area contributed by atoms with Gasteiger partial charge in [0.1, 0.15) is 0 Å². The third-order valence-electron chi connectivity index (χ3n) is 3.07. The van der Waals surface area contributed by atoms with E-state index >= 15 is 0 Å². The van der Waals surface area contributed by atoms with Gasteiger partial charge in [0.15, 0.2) is 0 Å². The van der Waals surface area contributed by atoms with E-state index in [4.69, 9.17) is 10.8 Å². The number of rotatable bonds is 6. The fourth-order valence-corrected chi connectivity index (χ4v) is 1.80. The average molecular weight is 311 g/mol. The van der Waals surface area contributed by atoms with Gasteiger partial charge in [0.2, 0.25) is 5.91 Å². The third kappa shape index (κ3) is 9.01. The van der Waals surface area contributed by atoms with Gasteiger partial charge in [0.25, 0.3) is 0 Å². The van der Waals surface area contributed by atoms with Gasteiger partial charge in [-0.05, 0) is 31.0 Å². The number of amides is 1. The van der Waals surface area contributed by atoms with Crippen molar-refractivity contribution in [1.82, 2.24) is 0 Å². The van der Waals surface area contributed by atoms with Crippen LogP contribution in [0.15, 0.2) is 24.3 Å². The molecule has 1 atom stereocenters. The van der Waals surface area contributed by atoms with Gasteiger partial charge in [-0.2, -0.15) is 0 Å². The minimum absolute atomic E-state index is 0.105. The molecule has 4 nitrogen and oxygen atoms in total. The Balaban J connectivity index is 2.58. The molecule has 0 heterocycles. The molecule has 1 aromatic rings. The molecule has 0 unspecified atom stereocenters. The van der Waals surface area contributed by atoms with Crippen LogP contribution in [0.2, 0.25) is 0 Å². The summed E-state index contributed by atoms with van der Waals surface area (Å²) in [5, 5.41) is 8.55. The zero-order chi connectivity index (χ0) is 17.1. The Labute approximate surface area is 137 Å². The van der Waals surface area contributed by atoms with Crippen LogP contribution in [0.5, 0.6) is 0 Å². The molecule has 0 aliphatic carbocycles. The van der Waals surface area contributed by atoms with E-state index in [1.165, 1.54) is 0 Å². The molecule has 1 amide bonds. The Hall–Kier alpha value is -2.72. The predicted molar refractivity (Wildman–Crippen MR) is 89.3 cm³/mol. The normalized spacial score (nSPS) is 10.7. The molecule has 4 heteroatoms. The second-order valence-corrected chi connectivity index (χ2v) is 5.31. The Bertz CT molecular complexity index is 671. The number of unbranched alkanes of at least 4 members (excludes halogenated alkanes) is 1. The number of benzene rings is 1. The lowest BCUT2D eigenvalue weighted by molar-refractivity contribution is -0.137. The molecular formula is C19H21NO3. The molecule has 120 valence electrons. The van der Waals surface area contributed by atoms with Crippen LogP contribution in [0, 0.1) is 29.6 Å². The molecule has 0 spiro atoms. The standard InChI is InChI=1S/C19H21NO3/c1-15(11-13-18(20)21)10-12-17-8-5-7-16(14-17)6-3-2-4-9-19(22)23/h5,7-8,14-15H,2,4,9,11,13H2,1H3,(H2,20,21)(H,22,23)/t15-/m1/s1. The van der Waals surface area contributed by atoms with Crippen LogP contribution in [-0.4, -0.2) is 17.0 Å². The second-order valence-electron chi connectivity index (χ2n) is 5.31. The summed E-state index contributed by atoms with van der Waals surface area (Å²) in [6.07, 6.45) is 2.26. The van der Waals surface area contributed by atoms with E-state index in [-0.39, 0.29) is 18.2 Å². The van der Waals surface area contributed by atoms with E-state index in [1.54, 1.807) is 0 Å². The van der Waals surface area contributed by atoms with E-state index < -0.39 is 5.97 Å². The number of aliphatic carboxylic acids is 1. The highest BCUT2D eigenvalue weighted by atomic mass is 16.4. The summed E-state index contributed by atoms with van der Waals surface area (Å²) in [4.78, 5) is 21.1. The van der Waals surface area contributed by atoms with Gasteiger partial charge in [-0.1, -0.05) is 36.7 Å². The van der Waals surface area contributed by atoms with Gasteiger partial charge in [-0.3, -0.25) is 9.59 Å². The molecule has 0 fully saturated rings. The fourth-order valence-electron chi connectivity index (χ4n) is 1.80. The Kier molecular flexibility index (Phi) is 8.03. The average Bonchev–Trinajstić information content (AvgIpc) is 2.50. The highest BCUT2D eigenvalue weighted by Gasteiger charge is 2.00. The molecule has 0 aliphatic heterocycles. The lowest BCUT2D eigenvalue weighted by Gasteiger charge is -2.00. The third-order valence-corrected chi connectivity index (χ3v) is 3.07. The van der Waals surface area contributed by atoms with E-state index in [9.17, 15) is 9.59 Å². The van der Waals surface area contributed by atoms with Crippen LogP contribution in [-0.2, 0) is 9.59 Å². The molecule has 0 saturated carbocycles. The van der Waals surface area contributed by atoms with Crippen molar-refractivity contribution < 1.29 is 14.7 Å². The van der Waals surface area contributed by atoms with Crippen molar-refractivity contribution in [2.75, 3.05) is 0 Å². The van der Waals surface area contributed by atoms with Gasteiger partial charge in [-0.15, -0.1) is 0 Å². The zero-order valence-electron chi connectivity index (χ0n) is 13.3. The molecule has 1 aromatic carbocycles. The first-order chi connectivity index (χ1) is 11.0. The highest BCUT2D eigenvalue weighted by molar-refractivity contribution is 5.73. The zero-order valence-corrected chi connectivity index (χ0v) is 13.3. The number of carboxylic acid groups (broad SMARTS) is 1. The summed E-state index contributed by atoms with van der Waals surface area (Å²) < 4.78 is 0. The van der Waals surface area contributed by atoms with Crippen molar-refractivity contribution in [3.8, 4) is 23.7 Å². The number of hydrogen-bond acceptors (Lipinski definition) is 2. The van der Waals surface area contributed by atoms with Gasteiger partial charge < -0.3 is 10.8 Å². The van der Waals surface area contributed by atoms with E-state index in [2.05, 4.69) is 23.7 Å². The first kappa shape index (κ1) is 18.3. The molecule has 23 heavy (non-hydrogen) atoms. The topological polar surface area (TPSA) is 80.4 Å². The number of nitrogens with two attached hydrogens (primary N) is 1. The Morgan fingerprint density at radius 2 is 1.91 bits per heavy atom. The molecule has 1 rings (SSSR count). The summed E-state index contributed by atoms with van der Waals surface area (Å²) in [6, 6.07) is 7.59.